The molecule has 0 N–H and O–H groups in total. The van der Waals surface area contributed by atoms with Crippen LogP contribution in [0, 0.1) is 6.92 Å². The van der Waals surface area contributed by atoms with Crippen LogP contribution in [0.4, 0.5) is 0 Å². The number of ether oxygens (including phenoxy) is 1. The summed E-state index contributed by atoms with van der Waals surface area (Å²) in [6.07, 6.45) is 4.49. The van der Waals surface area contributed by atoms with Gasteiger partial charge in [0, 0.05) is 18.6 Å². The molecule has 0 bridgehead atoms. The molecule has 0 spiro atoms. The van der Waals surface area contributed by atoms with Crippen molar-refractivity contribution in [3.05, 3.63) is 46.7 Å². The van der Waals surface area contributed by atoms with Gasteiger partial charge in [0.1, 0.15) is 0 Å². The number of benzene rings is 1. The third-order valence-electron chi connectivity index (χ3n) is 3.13. The lowest BCUT2D eigenvalue weighted by Gasteiger charge is -2.16. The van der Waals surface area contributed by atoms with Crippen LogP contribution in [0.1, 0.15) is 15.9 Å². The Morgan fingerprint density at radius 3 is 2.33 bits per heavy atom. The number of aromatic nitrogens is 1. The van der Waals surface area contributed by atoms with Gasteiger partial charge in [-0.3, -0.25) is 0 Å². The fourth-order valence-corrected chi connectivity index (χ4v) is 3.56. The van der Waals surface area contributed by atoms with E-state index in [1.807, 2.05) is 0 Å². The smallest absolute Gasteiger partial charge is 0.338 e. The maximum Gasteiger partial charge on any atom is 0.338 e. The van der Waals surface area contributed by atoms with Gasteiger partial charge >= 0.3 is 5.97 Å². The Labute approximate surface area is 128 Å². The maximum atomic E-state index is 11.9. The third-order valence-corrected chi connectivity index (χ3v) is 4.74. The number of methoxy groups -OCH3 is 1. The van der Waals surface area contributed by atoms with Crippen LogP contribution in [-0.4, -0.2) is 32.3 Å². The number of hydrogen-bond donors (Lipinski definition) is 0. The summed E-state index contributed by atoms with van der Waals surface area (Å²) in [5.74, 6) is -0.609. The van der Waals surface area contributed by atoms with Crippen LogP contribution in [0.2, 0.25) is 5.02 Å². The van der Waals surface area contributed by atoms with Crippen molar-refractivity contribution >= 4 is 27.4 Å². The molecule has 1 aromatic carbocycles. The fraction of sp³-hybridized carbons (Fsp3) is 0.214. The molecule has 112 valence electrons. The molecule has 0 fully saturated rings. The van der Waals surface area contributed by atoms with Gasteiger partial charge in [-0.15, -0.1) is 0 Å². The van der Waals surface area contributed by atoms with Crippen molar-refractivity contribution in [3.63, 3.8) is 0 Å². The molecule has 0 radical (unpaired) electrons. The van der Waals surface area contributed by atoms with Crippen molar-refractivity contribution in [2.45, 2.75) is 11.8 Å². The SMILES string of the molecule is COC(=O)c1cc(S(C)(=O)=O)c(Cl)c(-n2cccc2)c1C. The molecule has 0 aliphatic carbocycles. The van der Waals surface area contributed by atoms with Crippen molar-refractivity contribution in [3.8, 4) is 5.69 Å². The summed E-state index contributed by atoms with van der Waals surface area (Å²) in [5.41, 5.74) is 1.17. The zero-order chi connectivity index (χ0) is 15.8. The Bertz CT molecular complexity index is 795. The van der Waals surface area contributed by atoms with Crippen molar-refractivity contribution in [1.82, 2.24) is 4.57 Å². The first kappa shape index (κ1) is 15.6. The highest BCUT2D eigenvalue weighted by atomic mass is 35.5. The largest absolute Gasteiger partial charge is 0.465 e. The number of nitrogens with zero attached hydrogens (tertiary/aromatic N) is 1. The minimum Gasteiger partial charge on any atom is -0.465 e. The first-order chi connectivity index (χ1) is 9.77. The molecule has 0 amide bonds. The topological polar surface area (TPSA) is 65.4 Å². The number of esters is 1. The Hall–Kier alpha value is -1.79. The maximum absolute atomic E-state index is 11.9. The van der Waals surface area contributed by atoms with Crippen LogP contribution in [-0.2, 0) is 14.6 Å². The number of halogens is 1. The Balaban J connectivity index is 2.90. The zero-order valence-electron chi connectivity index (χ0n) is 11.8. The lowest BCUT2D eigenvalue weighted by molar-refractivity contribution is 0.0599. The number of hydrogen-bond acceptors (Lipinski definition) is 4. The Kier molecular flexibility index (Phi) is 4.11. The zero-order valence-corrected chi connectivity index (χ0v) is 13.3. The number of carbonyl (C=O) groups is 1. The van der Waals surface area contributed by atoms with Gasteiger partial charge in [0.05, 0.1) is 28.3 Å². The molecule has 0 saturated carbocycles. The molecule has 2 aromatic rings. The lowest BCUT2D eigenvalue weighted by atomic mass is 10.1. The van der Waals surface area contributed by atoms with E-state index in [0.717, 1.165) is 6.26 Å². The highest BCUT2D eigenvalue weighted by Gasteiger charge is 2.24. The van der Waals surface area contributed by atoms with E-state index in [1.54, 1.807) is 36.0 Å². The van der Waals surface area contributed by atoms with Crippen molar-refractivity contribution < 1.29 is 17.9 Å². The van der Waals surface area contributed by atoms with Crippen LogP contribution in [0.15, 0.2) is 35.5 Å². The monoisotopic (exact) mass is 327 g/mol. The molecule has 0 atom stereocenters. The van der Waals surface area contributed by atoms with E-state index < -0.39 is 15.8 Å². The summed E-state index contributed by atoms with van der Waals surface area (Å²) in [6.45, 7) is 1.69. The van der Waals surface area contributed by atoms with E-state index in [-0.39, 0.29) is 15.5 Å². The number of sulfone groups is 1. The predicted octanol–water partition coefficient (Wildman–Crippen LogP) is 2.63. The molecule has 7 heteroatoms. The van der Waals surface area contributed by atoms with Gasteiger partial charge in [-0.2, -0.15) is 0 Å². The number of carbonyl (C=O) groups excluding carboxylic acids is 1. The second kappa shape index (κ2) is 5.54. The van der Waals surface area contributed by atoms with Crippen LogP contribution in [0.25, 0.3) is 5.69 Å². The standard InChI is InChI=1S/C14H14ClNO4S/c1-9-10(14(17)20-2)8-11(21(3,18)19)12(15)13(9)16-6-4-5-7-16/h4-8H,1-3H3. The van der Waals surface area contributed by atoms with E-state index in [9.17, 15) is 13.2 Å². The second-order valence-electron chi connectivity index (χ2n) is 4.56. The molecule has 1 heterocycles. The summed E-state index contributed by atoms with van der Waals surface area (Å²) in [7, 11) is -2.34. The molecule has 0 saturated heterocycles. The molecule has 5 nitrogen and oxygen atoms in total. The normalized spacial score (nSPS) is 11.4. The average Bonchev–Trinajstić information content (AvgIpc) is 2.90. The Morgan fingerprint density at radius 2 is 1.86 bits per heavy atom. The Morgan fingerprint density at radius 1 is 1.29 bits per heavy atom. The molecule has 0 unspecified atom stereocenters. The quantitative estimate of drug-likeness (QED) is 0.813. The van der Waals surface area contributed by atoms with E-state index >= 15 is 0 Å². The highest BCUT2D eigenvalue weighted by Crippen LogP contribution is 2.34. The first-order valence-corrected chi connectivity index (χ1v) is 8.29. The molecule has 0 aliphatic heterocycles. The van der Waals surface area contributed by atoms with Crippen LogP contribution in [0.3, 0.4) is 0 Å². The predicted molar refractivity (Wildman–Crippen MR) is 80.0 cm³/mol. The molecule has 0 aliphatic rings. The van der Waals surface area contributed by atoms with Gasteiger partial charge in [0.2, 0.25) is 0 Å². The lowest BCUT2D eigenvalue weighted by Crippen LogP contribution is -2.11. The minimum absolute atomic E-state index is 0.0823. The van der Waals surface area contributed by atoms with Crippen molar-refractivity contribution in [2.24, 2.45) is 0 Å². The summed E-state index contributed by atoms with van der Waals surface area (Å²) in [4.78, 5) is 11.8. The second-order valence-corrected chi connectivity index (χ2v) is 6.93. The average molecular weight is 328 g/mol. The van der Waals surface area contributed by atoms with Gasteiger partial charge < -0.3 is 9.30 Å². The van der Waals surface area contributed by atoms with Crippen molar-refractivity contribution in [1.29, 1.82) is 0 Å². The van der Waals surface area contributed by atoms with E-state index in [4.69, 9.17) is 16.3 Å². The molecule has 21 heavy (non-hydrogen) atoms. The van der Waals surface area contributed by atoms with Crippen LogP contribution >= 0.6 is 11.6 Å². The van der Waals surface area contributed by atoms with Gasteiger partial charge in [-0.25, -0.2) is 13.2 Å². The van der Waals surface area contributed by atoms with E-state index in [0.29, 0.717) is 11.3 Å². The van der Waals surface area contributed by atoms with Crippen LogP contribution < -0.4 is 0 Å². The van der Waals surface area contributed by atoms with Gasteiger partial charge in [-0.05, 0) is 30.7 Å². The van der Waals surface area contributed by atoms with E-state index in [2.05, 4.69) is 0 Å². The van der Waals surface area contributed by atoms with E-state index in [1.165, 1.54) is 13.2 Å². The summed E-state index contributed by atoms with van der Waals surface area (Å²) in [5, 5.41) is 0.0823. The van der Waals surface area contributed by atoms with Crippen molar-refractivity contribution in [2.75, 3.05) is 13.4 Å². The molecule has 2 rings (SSSR count). The van der Waals surface area contributed by atoms with Gasteiger partial charge in [-0.1, -0.05) is 11.6 Å². The first-order valence-electron chi connectivity index (χ1n) is 6.02. The minimum atomic E-state index is -3.58. The molecular formula is C14H14ClNO4S. The molecular weight excluding hydrogens is 314 g/mol. The summed E-state index contributed by atoms with van der Waals surface area (Å²) >= 11 is 6.26. The highest BCUT2D eigenvalue weighted by molar-refractivity contribution is 7.90. The third kappa shape index (κ3) is 2.82. The number of rotatable bonds is 3. The summed E-state index contributed by atoms with van der Waals surface area (Å²) in [6, 6.07) is 4.81. The van der Waals surface area contributed by atoms with Gasteiger partial charge in [0.25, 0.3) is 0 Å². The van der Waals surface area contributed by atoms with Crippen LogP contribution in [0.5, 0.6) is 0 Å². The molecule has 1 aromatic heterocycles. The van der Waals surface area contributed by atoms with Gasteiger partial charge in [0.15, 0.2) is 9.84 Å². The summed E-state index contributed by atoms with van der Waals surface area (Å²) < 4.78 is 30.2. The fourth-order valence-electron chi connectivity index (χ4n) is 2.09.